The van der Waals surface area contributed by atoms with E-state index in [2.05, 4.69) is 15.3 Å². The Hall–Kier alpha value is -2.92. The lowest BCUT2D eigenvalue weighted by Crippen LogP contribution is -2.15. The first-order valence-electron chi connectivity index (χ1n) is 6.88. The first-order valence-corrected chi connectivity index (χ1v) is 7.26. The summed E-state index contributed by atoms with van der Waals surface area (Å²) in [6, 6.07) is 16.6. The minimum Gasteiger partial charge on any atom is -0.365 e. The Balaban J connectivity index is 2.01. The maximum Gasteiger partial charge on any atom is 0.254 e. The molecule has 0 bridgehead atoms. The molecule has 1 aromatic heterocycles. The van der Waals surface area contributed by atoms with Crippen LogP contribution >= 0.6 is 11.6 Å². The lowest BCUT2D eigenvalue weighted by molar-refractivity contribution is 0.100. The molecule has 3 rings (SSSR count). The van der Waals surface area contributed by atoms with Gasteiger partial charge in [-0.2, -0.15) is 0 Å². The van der Waals surface area contributed by atoms with Crippen LogP contribution in [0.15, 0.2) is 60.8 Å². The number of rotatable bonds is 4. The summed E-state index contributed by atoms with van der Waals surface area (Å²) in [5.41, 5.74) is 7.22. The van der Waals surface area contributed by atoms with Gasteiger partial charge in [0.1, 0.15) is 11.4 Å². The van der Waals surface area contributed by atoms with Crippen LogP contribution in [0.1, 0.15) is 10.4 Å². The summed E-state index contributed by atoms with van der Waals surface area (Å²) in [5.74, 6) is 0.266. The van der Waals surface area contributed by atoms with Crippen molar-refractivity contribution in [2.24, 2.45) is 5.73 Å². The van der Waals surface area contributed by atoms with E-state index in [9.17, 15) is 4.79 Å². The SMILES string of the molecule is NC(=O)c1cnc(-c2ccccc2)nc1Nc1ccc(Cl)cc1. The molecule has 0 radical (unpaired) electrons. The Labute approximate surface area is 138 Å². The van der Waals surface area contributed by atoms with Gasteiger partial charge in [-0.25, -0.2) is 9.97 Å². The fourth-order valence-corrected chi connectivity index (χ4v) is 2.18. The van der Waals surface area contributed by atoms with Crippen molar-refractivity contribution in [2.75, 3.05) is 5.32 Å². The molecule has 3 aromatic rings. The second kappa shape index (κ2) is 6.46. The number of nitrogens with one attached hydrogen (secondary N) is 1. The molecule has 0 aliphatic heterocycles. The molecule has 0 unspecified atom stereocenters. The summed E-state index contributed by atoms with van der Waals surface area (Å²) in [6.45, 7) is 0. The summed E-state index contributed by atoms with van der Waals surface area (Å²) in [4.78, 5) is 20.2. The largest absolute Gasteiger partial charge is 0.365 e. The van der Waals surface area contributed by atoms with E-state index in [0.29, 0.717) is 16.7 Å². The lowest BCUT2D eigenvalue weighted by atomic mass is 10.2. The minimum atomic E-state index is -0.596. The fraction of sp³-hybridized carbons (Fsp3) is 0. The van der Waals surface area contributed by atoms with E-state index in [1.165, 1.54) is 6.20 Å². The van der Waals surface area contributed by atoms with Crippen molar-refractivity contribution in [3.63, 3.8) is 0 Å². The lowest BCUT2D eigenvalue weighted by Gasteiger charge is -2.10. The van der Waals surface area contributed by atoms with Crippen LogP contribution in [0.4, 0.5) is 11.5 Å². The molecule has 2 aromatic carbocycles. The third kappa shape index (κ3) is 3.46. The molecule has 23 heavy (non-hydrogen) atoms. The molecule has 0 saturated heterocycles. The van der Waals surface area contributed by atoms with Gasteiger partial charge in [0.15, 0.2) is 5.82 Å². The van der Waals surface area contributed by atoms with Gasteiger partial charge in [0, 0.05) is 22.5 Å². The van der Waals surface area contributed by atoms with Gasteiger partial charge in [0.25, 0.3) is 5.91 Å². The maximum atomic E-state index is 11.6. The van der Waals surface area contributed by atoms with Crippen molar-refractivity contribution < 1.29 is 4.79 Å². The van der Waals surface area contributed by atoms with Crippen LogP contribution in [0, 0.1) is 0 Å². The highest BCUT2D eigenvalue weighted by atomic mass is 35.5. The number of hydrogen-bond acceptors (Lipinski definition) is 4. The van der Waals surface area contributed by atoms with Crippen molar-refractivity contribution in [3.05, 3.63) is 71.4 Å². The number of carbonyl (C=O) groups is 1. The van der Waals surface area contributed by atoms with Crippen LogP contribution in [-0.2, 0) is 0 Å². The van der Waals surface area contributed by atoms with Crippen molar-refractivity contribution >= 4 is 29.0 Å². The third-order valence-electron chi connectivity index (χ3n) is 3.19. The van der Waals surface area contributed by atoms with Crippen molar-refractivity contribution in [1.29, 1.82) is 0 Å². The molecule has 0 aliphatic carbocycles. The normalized spacial score (nSPS) is 10.3. The van der Waals surface area contributed by atoms with E-state index in [1.54, 1.807) is 24.3 Å². The maximum absolute atomic E-state index is 11.6. The van der Waals surface area contributed by atoms with Gasteiger partial charge >= 0.3 is 0 Å². The van der Waals surface area contributed by atoms with Crippen LogP contribution in [0.3, 0.4) is 0 Å². The molecule has 114 valence electrons. The number of carbonyl (C=O) groups excluding carboxylic acids is 1. The molecule has 1 amide bonds. The fourth-order valence-electron chi connectivity index (χ4n) is 2.05. The van der Waals surface area contributed by atoms with Gasteiger partial charge in [-0.05, 0) is 24.3 Å². The van der Waals surface area contributed by atoms with Crippen LogP contribution in [-0.4, -0.2) is 15.9 Å². The van der Waals surface area contributed by atoms with Crippen molar-refractivity contribution in [2.45, 2.75) is 0 Å². The Morgan fingerprint density at radius 3 is 2.39 bits per heavy atom. The highest BCUT2D eigenvalue weighted by molar-refractivity contribution is 6.30. The quantitative estimate of drug-likeness (QED) is 0.767. The monoisotopic (exact) mass is 324 g/mol. The molecule has 1 heterocycles. The van der Waals surface area contributed by atoms with Gasteiger partial charge in [0.2, 0.25) is 0 Å². The molecule has 6 heteroatoms. The molecule has 0 saturated carbocycles. The second-order valence-electron chi connectivity index (χ2n) is 4.82. The van der Waals surface area contributed by atoms with E-state index < -0.39 is 5.91 Å². The molecular weight excluding hydrogens is 312 g/mol. The van der Waals surface area contributed by atoms with Gasteiger partial charge in [-0.1, -0.05) is 41.9 Å². The molecular formula is C17H13ClN4O. The molecule has 3 N–H and O–H groups in total. The summed E-state index contributed by atoms with van der Waals surface area (Å²) in [6.07, 6.45) is 1.43. The number of nitrogens with two attached hydrogens (primary N) is 1. The molecule has 0 atom stereocenters. The zero-order chi connectivity index (χ0) is 16.2. The Morgan fingerprint density at radius 1 is 1.04 bits per heavy atom. The first kappa shape index (κ1) is 15.0. The minimum absolute atomic E-state index is 0.222. The number of hydrogen-bond donors (Lipinski definition) is 2. The standard InChI is InChI=1S/C17H13ClN4O/c18-12-6-8-13(9-7-12)21-17-14(15(19)23)10-20-16(22-17)11-4-2-1-3-5-11/h1-10H,(H2,19,23)(H,20,21,22). The summed E-state index contributed by atoms with van der Waals surface area (Å²) in [5, 5.41) is 3.70. The smallest absolute Gasteiger partial charge is 0.254 e. The molecule has 0 spiro atoms. The van der Waals surface area contributed by atoms with Crippen LogP contribution in [0.2, 0.25) is 5.02 Å². The van der Waals surface area contributed by atoms with Gasteiger partial charge in [-0.15, -0.1) is 0 Å². The van der Waals surface area contributed by atoms with E-state index in [1.807, 2.05) is 30.3 Å². The summed E-state index contributed by atoms with van der Waals surface area (Å²) in [7, 11) is 0. The Bertz CT molecular complexity index is 835. The van der Waals surface area contributed by atoms with Gasteiger partial charge in [0.05, 0.1) is 0 Å². The number of halogens is 1. The van der Waals surface area contributed by atoms with Crippen LogP contribution < -0.4 is 11.1 Å². The molecule has 5 nitrogen and oxygen atoms in total. The zero-order valence-electron chi connectivity index (χ0n) is 12.0. The molecule has 0 aliphatic rings. The Kier molecular flexibility index (Phi) is 4.21. The van der Waals surface area contributed by atoms with E-state index in [0.717, 1.165) is 11.3 Å². The third-order valence-corrected chi connectivity index (χ3v) is 3.45. The zero-order valence-corrected chi connectivity index (χ0v) is 12.8. The highest BCUT2D eigenvalue weighted by Crippen LogP contribution is 2.23. The number of nitrogens with zero attached hydrogens (tertiary/aromatic N) is 2. The van der Waals surface area contributed by atoms with E-state index >= 15 is 0 Å². The van der Waals surface area contributed by atoms with Crippen molar-refractivity contribution in [1.82, 2.24) is 9.97 Å². The van der Waals surface area contributed by atoms with Gasteiger partial charge < -0.3 is 11.1 Å². The van der Waals surface area contributed by atoms with Crippen molar-refractivity contribution in [3.8, 4) is 11.4 Å². The number of amides is 1. The first-order chi connectivity index (χ1) is 11.1. The number of anilines is 2. The van der Waals surface area contributed by atoms with E-state index in [-0.39, 0.29) is 5.56 Å². The highest BCUT2D eigenvalue weighted by Gasteiger charge is 2.13. The number of benzene rings is 2. The Morgan fingerprint density at radius 2 is 1.74 bits per heavy atom. The summed E-state index contributed by atoms with van der Waals surface area (Å²) >= 11 is 5.87. The number of primary amides is 1. The van der Waals surface area contributed by atoms with Crippen LogP contribution in [0.5, 0.6) is 0 Å². The summed E-state index contributed by atoms with van der Waals surface area (Å²) < 4.78 is 0. The predicted molar refractivity (Wildman–Crippen MR) is 90.7 cm³/mol. The predicted octanol–water partition coefficient (Wildman–Crippen LogP) is 3.64. The average Bonchev–Trinajstić information content (AvgIpc) is 2.57. The number of aromatic nitrogens is 2. The average molecular weight is 325 g/mol. The van der Waals surface area contributed by atoms with E-state index in [4.69, 9.17) is 17.3 Å². The van der Waals surface area contributed by atoms with Gasteiger partial charge in [-0.3, -0.25) is 4.79 Å². The molecule has 0 fully saturated rings. The van der Waals surface area contributed by atoms with Crippen LogP contribution in [0.25, 0.3) is 11.4 Å². The second-order valence-corrected chi connectivity index (χ2v) is 5.25. The topological polar surface area (TPSA) is 80.9 Å².